The van der Waals surface area contributed by atoms with E-state index in [1.54, 1.807) is 30.3 Å². The minimum absolute atomic E-state index is 0.383. The van der Waals surface area contributed by atoms with Gasteiger partial charge in [0.25, 0.3) is 0 Å². The second-order valence-corrected chi connectivity index (χ2v) is 4.15. The zero-order chi connectivity index (χ0) is 13.0. The largest absolute Gasteiger partial charge is 0.454 e. The lowest BCUT2D eigenvalue weighted by Crippen LogP contribution is -1.93. The van der Waals surface area contributed by atoms with Crippen LogP contribution in [0.4, 0.5) is 5.69 Å². The number of nitrogens with zero attached hydrogens (tertiary/aromatic N) is 1. The lowest BCUT2D eigenvalue weighted by Gasteiger charge is -2.10. The van der Waals surface area contributed by atoms with E-state index in [4.69, 9.17) is 27.3 Å². The predicted molar refractivity (Wildman–Crippen MR) is 71.7 cm³/mol. The third-order valence-electron chi connectivity index (χ3n) is 2.42. The van der Waals surface area contributed by atoms with Crippen molar-refractivity contribution in [2.45, 2.75) is 6.42 Å². The number of benzene rings is 2. The normalized spacial score (nSPS) is 9.78. The summed E-state index contributed by atoms with van der Waals surface area (Å²) >= 11 is 6.01. The van der Waals surface area contributed by atoms with Crippen LogP contribution in [-0.2, 0) is 6.42 Å². The number of ether oxygens (including phenoxy) is 1. The van der Waals surface area contributed by atoms with Crippen molar-refractivity contribution in [3.63, 3.8) is 0 Å². The number of rotatable bonds is 3. The molecule has 3 nitrogen and oxygen atoms in total. The van der Waals surface area contributed by atoms with Gasteiger partial charge in [-0.05, 0) is 29.8 Å². The summed E-state index contributed by atoms with van der Waals surface area (Å²) in [5.74, 6) is 1.09. The quantitative estimate of drug-likeness (QED) is 0.853. The molecule has 0 spiro atoms. The van der Waals surface area contributed by atoms with E-state index in [0.717, 1.165) is 5.56 Å². The van der Waals surface area contributed by atoms with E-state index in [0.29, 0.717) is 28.6 Å². The van der Waals surface area contributed by atoms with Crippen LogP contribution >= 0.6 is 11.6 Å². The van der Waals surface area contributed by atoms with Gasteiger partial charge in [0.1, 0.15) is 5.75 Å². The zero-order valence-corrected chi connectivity index (χ0v) is 10.3. The number of nitrogens with two attached hydrogens (primary N) is 1. The van der Waals surface area contributed by atoms with Gasteiger partial charge in [0, 0.05) is 0 Å². The lowest BCUT2D eigenvalue weighted by atomic mass is 10.2. The van der Waals surface area contributed by atoms with Gasteiger partial charge in [-0.2, -0.15) is 5.26 Å². The number of nitriles is 1. The van der Waals surface area contributed by atoms with Gasteiger partial charge in [0.2, 0.25) is 0 Å². The fourth-order valence-corrected chi connectivity index (χ4v) is 1.74. The second kappa shape index (κ2) is 5.44. The van der Waals surface area contributed by atoms with E-state index in [9.17, 15) is 0 Å². The van der Waals surface area contributed by atoms with Crippen LogP contribution in [0.15, 0.2) is 42.5 Å². The summed E-state index contributed by atoms with van der Waals surface area (Å²) in [6.45, 7) is 0. The molecular formula is C14H11ClN2O. The Morgan fingerprint density at radius 2 is 1.89 bits per heavy atom. The van der Waals surface area contributed by atoms with Gasteiger partial charge in [0.05, 0.1) is 23.2 Å². The first-order chi connectivity index (χ1) is 8.70. The van der Waals surface area contributed by atoms with Crippen LogP contribution in [0, 0.1) is 11.3 Å². The summed E-state index contributed by atoms with van der Waals surface area (Å²) < 4.78 is 5.63. The van der Waals surface area contributed by atoms with E-state index >= 15 is 0 Å². The average molecular weight is 259 g/mol. The van der Waals surface area contributed by atoms with Crippen LogP contribution in [0.1, 0.15) is 5.56 Å². The molecule has 0 radical (unpaired) electrons. The van der Waals surface area contributed by atoms with E-state index in [2.05, 4.69) is 6.07 Å². The fraction of sp³-hybridized carbons (Fsp3) is 0.0714. The summed E-state index contributed by atoms with van der Waals surface area (Å²) in [6.07, 6.45) is 0.383. The van der Waals surface area contributed by atoms with Crippen LogP contribution in [0.5, 0.6) is 11.5 Å². The Kier molecular flexibility index (Phi) is 3.71. The molecule has 0 aliphatic heterocycles. The predicted octanol–water partition coefficient (Wildman–Crippen LogP) is 3.78. The van der Waals surface area contributed by atoms with Crippen LogP contribution < -0.4 is 10.5 Å². The molecule has 0 fully saturated rings. The second-order valence-electron chi connectivity index (χ2n) is 3.74. The molecule has 0 heterocycles. The van der Waals surface area contributed by atoms with Crippen LogP contribution in [0.2, 0.25) is 5.02 Å². The van der Waals surface area contributed by atoms with Gasteiger partial charge in [0.15, 0.2) is 5.75 Å². The molecule has 18 heavy (non-hydrogen) atoms. The Morgan fingerprint density at radius 1 is 1.17 bits per heavy atom. The molecule has 2 N–H and O–H groups in total. The van der Waals surface area contributed by atoms with Crippen LogP contribution in [-0.4, -0.2) is 0 Å². The van der Waals surface area contributed by atoms with E-state index in [1.165, 1.54) is 0 Å². The molecule has 0 unspecified atom stereocenters. The van der Waals surface area contributed by atoms with Crippen molar-refractivity contribution in [1.82, 2.24) is 0 Å². The highest BCUT2D eigenvalue weighted by Crippen LogP contribution is 2.34. The molecule has 0 aromatic heterocycles. The van der Waals surface area contributed by atoms with Crippen molar-refractivity contribution in [2.24, 2.45) is 0 Å². The highest BCUT2D eigenvalue weighted by molar-refractivity contribution is 6.32. The fourth-order valence-electron chi connectivity index (χ4n) is 1.52. The van der Waals surface area contributed by atoms with Gasteiger partial charge in [-0.15, -0.1) is 0 Å². The van der Waals surface area contributed by atoms with Crippen molar-refractivity contribution in [1.29, 1.82) is 5.26 Å². The van der Waals surface area contributed by atoms with Crippen LogP contribution in [0.25, 0.3) is 0 Å². The zero-order valence-electron chi connectivity index (χ0n) is 9.56. The summed E-state index contributed by atoms with van der Waals surface area (Å²) in [4.78, 5) is 0. The molecule has 90 valence electrons. The van der Waals surface area contributed by atoms with Crippen molar-refractivity contribution in [3.05, 3.63) is 53.1 Å². The Bertz CT molecular complexity index is 567. The first kappa shape index (κ1) is 12.3. The molecule has 4 heteroatoms. The molecular weight excluding hydrogens is 248 g/mol. The van der Waals surface area contributed by atoms with Gasteiger partial charge < -0.3 is 10.5 Å². The summed E-state index contributed by atoms with van der Waals surface area (Å²) in [7, 11) is 0. The average Bonchev–Trinajstić information content (AvgIpc) is 2.36. The van der Waals surface area contributed by atoms with Gasteiger partial charge in [-0.25, -0.2) is 0 Å². The summed E-state index contributed by atoms with van der Waals surface area (Å²) in [5.41, 5.74) is 7.23. The maximum absolute atomic E-state index is 8.58. The topological polar surface area (TPSA) is 59.0 Å². The third kappa shape index (κ3) is 2.73. The molecule has 0 bridgehead atoms. The molecule has 2 aromatic rings. The van der Waals surface area contributed by atoms with Crippen molar-refractivity contribution in [3.8, 4) is 17.6 Å². The first-order valence-electron chi connectivity index (χ1n) is 5.38. The Morgan fingerprint density at radius 3 is 2.50 bits per heavy atom. The van der Waals surface area contributed by atoms with Gasteiger partial charge in [-0.3, -0.25) is 0 Å². The van der Waals surface area contributed by atoms with Crippen LogP contribution in [0.3, 0.4) is 0 Å². The molecule has 0 saturated carbocycles. The van der Waals surface area contributed by atoms with E-state index in [1.807, 2.05) is 12.1 Å². The highest BCUT2D eigenvalue weighted by Gasteiger charge is 2.06. The number of hydrogen-bond acceptors (Lipinski definition) is 3. The minimum Gasteiger partial charge on any atom is -0.454 e. The van der Waals surface area contributed by atoms with Crippen molar-refractivity contribution < 1.29 is 4.74 Å². The molecule has 0 amide bonds. The lowest BCUT2D eigenvalue weighted by molar-refractivity contribution is 0.485. The maximum Gasteiger partial charge on any atom is 0.168 e. The number of nitrogen functional groups attached to an aromatic ring is 1. The standard InChI is InChI=1S/C14H11ClN2O/c15-12-2-1-3-13(17)14(12)18-11-6-4-10(5-7-11)8-9-16/h1-7H,8,17H2. The summed E-state index contributed by atoms with van der Waals surface area (Å²) in [5, 5.41) is 9.05. The van der Waals surface area contributed by atoms with Gasteiger partial charge >= 0.3 is 0 Å². The van der Waals surface area contributed by atoms with Crippen molar-refractivity contribution >= 4 is 17.3 Å². The minimum atomic E-state index is 0.383. The smallest absolute Gasteiger partial charge is 0.168 e. The number of hydrogen-bond donors (Lipinski definition) is 1. The highest BCUT2D eigenvalue weighted by atomic mass is 35.5. The maximum atomic E-state index is 8.58. The SMILES string of the molecule is N#CCc1ccc(Oc2c(N)cccc2Cl)cc1. The molecule has 2 rings (SSSR count). The summed E-state index contributed by atoms with van der Waals surface area (Å²) in [6, 6.07) is 14.6. The number of halogens is 1. The molecule has 2 aromatic carbocycles. The Hall–Kier alpha value is -2.18. The van der Waals surface area contributed by atoms with E-state index in [-0.39, 0.29) is 0 Å². The van der Waals surface area contributed by atoms with Gasteiger partial charge in [-0.1, -0.05) is 29.8 Å². The van der Waals surface area contributed by atoms with E-state index < -0.39 is 0 Å². The number of anilines is 1. The molecule has 0 atom stereocenters. The molecule has 0 saturated heterocycles. The monoisotopic (exact) mass is 258 g/mol. The Labute approximate surface area is 110 Å². The Balaban J connectivity index is 2.22. The third-order valence-corrected chi connectivity index (χ3v) is 2.72. The molecule has 0 aliphatic carbocycles. The molecule has 0 aliphatic rings. The number of para-hydroxylation sites is 1. The van der Waals surface area contributed by atoms with Crippen molar-refractivity contribution in [2.75, 3.05) is 5.73 Å². The first-order valence-corrected chi connectivity index (χ1v) is 5.76.